The topological polar surface area (TPSA) is 49.4 Å². The van der Waals surface area contributed by atoms with E-state index in [0.717, 1.165) is 42.9 Å². The van der Waals surface area contributed by atoms with Crippen LogP contribution < -0.4 is 10.2 Å². The van der Waals surface area contributed by atoms with Crippen LogP contribution in [0.5, 0.6) is 0 Å². The first-order valence-electron chi connectivity index (χ1n) is 9.62. The van der Waals surface area contributed by atoms with E-state index in [4.69, 9.17) is 0 Å². The summed E-state index contributed by atoms with van der Waals surface area (Å²) in [6.45, 7) is 3.53. The smallest absolute Gasteiger partial charge is 0.224 e. The molecule has 152 valence electrons. The molecule has 1 aliphatic rings. The third kappa shape index (κ3) is 5.98. The summed E-state index contributed by atoms with van der Waals surface area (Å²) in [5.74, 6) is -2.40. The van der Waals surface area contributed by atoms with Crippen LogP contribution in [0.25, 0.3) is 0 Å². The minimum atomic E-state index is -0.983. The summed E-state index contributed by atoms with van der Waals surface area (Å²) < 4.78 is 26.1. The molecule has 0 aromatic heterocycles. The van der Waals surface area contributed by atoms with E-state index in [0.29, 0.717) is 5.56 Å². The minimum absolute atomic E-state index is 0.0499. The number of anilines is 1. The Morgan fingerprint density at radius 2 is 1.79 bits per heavy atom. The first-order valence-corrected chi connectivity index (χ1v) is 9.62. The van der Waals surface area contributed by atoms with Gasteiger partial charge in [0, 0.05) is 31.6 Å². The monoisotopic (exact) mass is 398 g/mol. The highest BCUT2D eigenvalue weighted by atomic mass is 19.2. The molecule has 1 aliphatic heterocycles. The quantitative estimate of drug-likeness (QED) is 0.723. The molecule has 0 saturated heterocycles. The summed E-state index contributed by atoms with van der Waals surface area (Å²) in [6, 6.07) is 11.7. The van der Waals surface area contributed by atoms with Crippen molar-refractivity contribution in [1.29, 1.82) is 0 Å². The Kier molecular flexibility index (Phi) is 6.75. The van der Waals surface area contributed by atoms with Crippen molar-refractivity contribution in [2.24, 2.45) is 0 Å². The van der Waals surface area contributed by atoms with Gasteiger partial charge in [-0.25, -0.2) is 8.78 Å². The highest BCUT2D eigenvalue weighted by Crippen LogP contribution is 2.21. The molecule has 4 nitrogen and oxygen atoms in total. The summed E-state index contributed by atoms with van der Waals surface area (Å²) in [5, 5.41) is 2.61. The Morgan fingerprint density at radius 3 is 2.45 bits per heavy atom. The van der Waals surface area contributed by atoms with Crippen molar-refractivity contribution >= 4 is 17.4 Å². The summed E-state index contributed by atoms with van der Waals surface area (Å²) in [7, 11) is 0. The van der Waals surface area contributed by atoms with Gasteiger partial charge in [0.05, 0.1) is 6.54 Å². The lowest BCUT2D eigenvalue weighted by atomic mass is 10.0. The van der Waals surface area contributed by atoms with Gasteiger partial charge in [0.15, 0.2) is 17.4 Å². The maximum Gasteiger partial charge on any atom is 0.224 e. The van der Waals surface area contributed by atoms with Crippen molar-refractivity contribution in [3.63, 3.8) is 0 Å². The van der Waals surface area contributed by atoms with Gasteiger partial charge in [0.25, 0.3) is 0 Å². The lowest BCUT2D eigenvalue weighted by Crippen LogP contribution is -2.32. The highest BCUT2D eigenvalue weighted by Gasteiger charge is 2.15. The number of rotatable bonds is 7. The van der Waals surface area contributed by atoms with E-state index >= 15 is 0 Å². The van der Waals surface area contributed by atoms with Gasteiger partial charge in [0.2, 0.25) is 5.91 Å². The molecule has 0 aliphatic carbocycles. The van der Waals surface area contributed by atoms with Crippen LogP contribution in [0.4, 0.5) is 14.5 Å². The first-order chi connectivity index (χ1) is 13.9. The molecule has 2 aromatic carbocycles. The fourth-order valence-corrected chi connectivity index (χ4v) is 3.27. The number of hydrogen-bond acceptors (Lipinski definition) is 3. The number of aryl methyl sites for hydroxylation is 1. The number of ketones is 1. The van der Waals surface area contributed by atoms with Crippen molar-refractivity contribution in [1.82, 2.24) is 5.32 Å². The number of halogens is 2. The predicted octanol–water partition coefficient (Wildman–Crippen LogP) is 3.73. The van der Waals surface area contributed by atoms with Crippen LogP contribution in [0.3, 0.4) is 0 Å². The molecule has 1 heterocycles. The van der Waals surface area contributed by atoms with E-state index in [1.165, 1.54) is 11.6 Å². The Labute approximate surface area is 169 Å². The summed E-state index contributed by atoms with van der Waals surface area (Å²) in [6.07, 6.45) is 3.07. The largest absolute Gasteiger partial charge is 0.367 e. The fourth-order valence-electron chi connectivity index (χ4n) is 3.27. The molecule has 0 saturated carbocycles. The molecular formula is C23H24F2N2O2. The predicted molar refractivity (Wildman–Crippen MR) is 109 cm³/mol. The van der Waals surface area contributed by atoms with Gasteiger partial charge < -0.3 is 10.2 Å². The van der Waals surface area contributed by atoms with Crippen LogP contribution in [-0.4, -0.2) is 31.3 Å². The van der Waals surface area contributed by atoms with Crippen LogP contribution in [0, 0.1) is 18.6 Å². The Hall–Kier alpha value is -3.02. The van der Waals surface area contributed by atoms with Crippen molar-refractivity contribution in [3.8, 4) is 0 Å². The average molecular weight is 398 g/mol. The lowest BCUT2D eigenvalue weighted by Gasteiger charge is -2.28. The van der Waals surface area contributed by atoms with Crippen LogP contribution in [0.15, 0.2) is 54.1 Å². The zero-order valence-electron chi connectivity index (χ0n) is 16.4. The lowest BCUT2D eigenvalue weighted by molar-refractivity contribution is -0.124. The molecule has 6 heteroatoms. The number of carbonyl (C=O) groups is 2. The van der Waals surface area contributed by atoms with Crippen molar-refractivity contribution in [2.45, 2.75) is 26.2 Å². The molecule has 0 bridgehead atoms. The van der Waals surface area contributed by atoms with Gasteiger partial charge in [-0.15, -0.1) is 0 Å². The molecule has 29 heavy (non-hydrogen) atoms. The van der Waals surface area contributed by atoms with Gasteiger partial charge >= 0.3 is 0 Å². The SMILES string of the molecule is Cc1ccc(N2CC=C(CC(=O)NCC(=O)Cc3ccc(F)c(F)c3)CC2)cc1. The van der Waals surface area contributed by atoms with E-state index in [9.17, 15) is 18.4 Å². The maximum atomic E-state index is 13.2. The number of amides is 1. The minimum Gasteiger partial charge on any atom is -0.367 e. The van der Waals surface area contributed by atoms with Crippen LogP contribution in [0.1, 0.15) is 24.0 Å². The molecule has 0 fully saturated rings. The first kappa shape index (κ1) is 20.7. The standard InChI is InChI=1S/C23H24F2N2O2/c1-16-2-5-19(6-3-16)27-10-8-17(9-11-27)14-23(29)26-15-20(28)12-18-4-7-21(24)22(25)13-18/h2-8,13H,9-12,14-15H2,1H3,(H,26,29). The summed E-state index contributed by atoms with van der Waals surface area (Å²) >= 11 is 0. The molecular weight excluding hydrogens is 374 g/mol. The van der Waals surface area contributed by atoms with E-state index in [1.54, 1.807) is 0 Å². The van der Waals surface area contributed by atoms with Crippen LogP contribution in [0.2, 0.25) is 0 Å². The van der Waals surface area contributed by atoms with Gasteiger partial charge in [-0.2, -0.15) is 0 Å². The molecule has 1 N–H and O–H groups in total. The average Bonchev–Trinajstić information content (AvgIpc) is 2.70. The van der Waals surface area contributed by atoms with Crippen molar-refractivity contribution < 1.29 is 18.4 Å². The van der Waals surface area contributed by atoms with Crippen molar-refractivity contribution in [2.75, 3.05) is 24.5 Å². The Morgan fingerprint density at radius 1 is 1.03 bits per heavy atom. The Bertz CT molecular complexity index is 923. The maximum absolute atomic E-state index is 13.2. The molecule has 0 atom stereocenters. The summed E-state index contributed by atoms with van der Waals surface area (Å²) in [4.78, 5) is 26.4. The van der Waals surface area contributed by atoms with E-state index in [2.05, 4.69) is 47.5 Å². The number of nitrogens with zero attached hydrogens (tertiary/aromatic N) is 1. The normalized spacial score (nSPS) is 13.8. The molecule has 1 amide bonds. The van der Waals surface area contributed by atoms with Crippen molar-refractivity contribution in [3.05, 3.63) is 76.9 Å². The molecule has 0 radical (unpaired) electrons. The number of Topliss-reactive ketones (excluding diaryl/α,β-unsaturated/α-hetero) is 1. The van der Waals surface area contributed by atoms with Gasteiger partial charge in [-0.3, -0.25) is 9.59 Å². The van der Waals surface area contributed by atoms with Gasteiger partial charge in [-0.05, 0) is 43.2 Å². The highest BCUT2D eigenvalue weighted by molar-refractivity contribution is 5.88. The molecule has 3 rings (SSSR count). The zero-order chi connectivity index (χ0) is 20.8. The zero-order valence-corrected chi connectivity index (χ0v) is 16.4. The van der Waals surface area contributed by atoms with Crippen LogP contribution in [-0.2, 0) is 16.0 Å². The second-order valence-electron chi connectivity index (χ2n) is 7.31. The number of carbonyl (C=O) groups excluding carboxylic acids is 2. The van der Waals surface area contributed by atoms with Crippen LogP contribution >= 0.6 is 0 Å². The van der Waals surface area contributed by atoms with E-state index in [1.807, 2.05) is 0 Å². The molecule has 0 unspecified atom stereocenters. The number of nitrogens with one attached hydrogen (secondary N) is 1. The van der Waals surface area contributed by atoms with E-state index in [-0.39, 0.29) is 31.1 Å². The third-order valence-electron chi connectivity index (χ3n) is 4.96. The molecule has 0 spiro atoms. The van der Waals surface area contributed by atoms with Gasteiger partial charge in [0.1, 0.15) is 0 Å². The third-order valence-corrected chi connectivity index (χ3v) is 4.96. The number of benzene rings is 2. The second kappa shape index (κ2) is 9.45. The molecule has 2 aromatic rings. The Balaban J connectivity index is 1.43. The fraction of sp³-hybridized carbons (Fsp3) is 0.304. The van der Waals surface area contributed by atoms with E-state index < -0.39 is 11.6 Å². The summed E-state index contributed by atoms with van der Waals surface area (Å²) in [5.41, 5.74) is 3.82. The van der Waals surface area contributed by atoms with Gasteiger partial charge in [-0.1, -0.05) is 35.4 Å². The second-order valence-corrected chi connectivity index (χ2v) is 7.31. The number of hydrogen-bond donors (Lipinski definition) is 1.